The van der Waals surface area contributed by atoms with Gasteiger partial charge in [-0.15, -0.1) is 0 Å². The number of azide groups is 1. The van der Waals surface area contributed by atoms with Gasteiger partial charge in [0.1, 0.15) is 11.5 Å². The van der Waals surface area contributed by atoms with Crippen LogP contribution >= 0.6 is 15.9 Å². The Hall–Kier alpha value is -1.92. The average Bonchev–Trinajstić information content (AvgIpc) is 2.72. The average molecular weight is 328 g/mol. The van der Waals surface area contributed by atoms with Crippen molar-refractivity contribution in [3.05, 3.63) is 50.8 Å². The van der Waals surface area contributed by atoms with Gasteiger partial charge in [-0.1, -0.05) is 21.0 Å². The summed E-state index contributed by atoms with van der Waals surface area (Å²) in [5, 5.41) is 3.55. The quantitative estimate of drug-likeness (QED) is 0.452. The molecule has 1 heterocycles. The van der Waals surface area contributed by atoms with Crippen molar-refractivity contribution < 1.29 is 8.78 Å². The molecule has 1 aromatic heterocycles. The van der Waals surface area contributed by atoms with E-state index in [9.17, 15) is 8.78 Å². The summed E-state index contributed by atoms with van der Waals surface area (Å²) in [6.07, 6.45) is -1.40. The largest absolute Gasteiger partial charge is 0.303 e. The van der Waals surface area contributed by atoms with Gasteiger partial charge in [0.15, 0.2) is 0 Å². The topological polar surface area (TPSA) is 66.6 Å². The molecule has 0 bridgehead atoms. The summed E-state index contributed by atoms with van der Waals surface area (Å²) < 4.78 is 27.4. The molecule has 2 rings (SSSR count). The molecule has 0 saturated heterocycles. The molecule has 0 radical (unpaired) electrons. The lowest BCUT2D eigenvalue weighted by atomic mass is 10.2. The SMILES string of the molecule is Cc1nc(C(F)F)cn1-c1ccc(Br)cc1N=[N+]=[N-]. The van der Waals surface area contributed by atoms with Gasteiger partial charge in [0.25, 0.3) is 6.43 Å². The zero-order chi connectivity index (χ0) is 14.0. The van der Waals surface area contributed by atoms with Crippen molar-refractivity contribution in [2.75, 3.05) is 0 Å². The zero-order valence-corrected chi connectivity index (χ0v) is 11.3. The van der Waals surface area contributed by atoms with E-state index in [4.69, 9.17) is 5.53 Å². The minimum absolute atomic E-state index is 0.313. The van der Waals surface area contributed by atoms with Crippen LogP contribution in [0.5, 0.6) is 0 Å². The highest BCUT2D eigenvalue weighted by Gasteiger charge is 2.15. The molecule has 0 fully saturated rings. The van der Waals surface area contributed by atoms with Crippen LogP contribution in [0.2, 0.25) is 0 Å². The molecule has 0 unspecified atom stereocenters. The van der Waals surface area contributed by atoms with E-state index >= 15 is 0 Å². The van der Waals surface area contributed by atoms with E-state index in [0.29, 0.717) is 17.2 Å². The molecular formula is C11H8BrF2N5. The number of benzene rings is 1. The number of aryl methyl sites for hydroxylation is 1. The maximum Gasteiger partial charge on any atom is 0.281 e. The molecule has 19 heavy (non-hydrogen) atoms. The maximum atomic E-state index is 12.6. The standard InChI is InChI=1S/C11H8BrF2N5/c1-6-16-9(11(13)14)5-19(6)10-3-2-7(12)4-8(10)17-18-15/h2-5,11H,1H3. The summed E-state index contributed by atoms with van der Waals surface area (Å²) in [4.78, 5) is 6.50. The lowest BCUT2D eigenvalue weighted by Gasteiger charge is -2.08. The molecule has 98 valence electrons. The van der Waals surface area contributed by atoms with Crippen LogP contribution in [0.3, 0.4) is 0 Å². The Balaban J connectivity index is 2.61. The van der Waals surface area contributed by atoms with E-state index in [0.717, 1.165) is 4.47 Å². The third-order valence-electron chi connectivity index (χ3n) is 2.47. The van der Waals surface area contributed by atoms with Crippen LogP contribution in [0, 0.1) is 6.92 Å². The molecule has 0 atom stereocenters. The fourth-order valence-corrected chi connectivity index (χ4v) is 2.02. The fourth-order valence-electron chi connectivity index (χ4n) is 1.67. The highest BCUT2D eigenvalue weighted by atomic mass is 79.9. The molecule has 0 spiro atoms. The van der Waals surface area contributed by atoms with E-state index in [1.165, 1.54) is 10.8 Å². The third-order valence-corrected chi connectivity index (χ3v) is 2.97. The third kappa shape index (κ3) is 2.74. The van der Waals surface area contributed by atoms with E-state index in [2.05, 4.69) is 30.9 Å². The first kappa shape index (κ1) is 13.5. The molecule has 0 aliphatic rings. The van der Waals surface area contributed by atoms with Crippen molar-refractivity contribution in [2.24, 2.45) is 5.11 Å². The van der Waals surface area contributed by atoms with Crippen molar-refractivity contribution in [1.29, 1.82) is 0 Å². The first-order valence-corrected chi connectivity index (χ1v) is 6.01. The summed E-state index contributed by atoms with van der Waals surface area (Å²) in [6.45, 7) is 1.60. The summed E-state index contributed by atoms with van der Waals surface area (Å²) in [5.74, 6) is 0.395. The van der Waals surface area contributed by atoms with Crippen LogP contribution in [-0.4, -0.2) is 9.55 Å². The van der Waals surface area contributed by atoms with E-state index < -0.39 is 6.43 Å². The van der Waals surface area contributed by atoms with Crippen molar-refractivity contribution in [3.63, 3.8) is 0 Å². The predicted octanol–water partition coefficient (Wildman–Crippen LogP) is 4.82. The Morgan fingerprint density at radius 2 is 2.21 bits per heavy atom. The molecular weight excluding hydrogens is 320 g/mol. The molecule has 0 amide bonds. The van der Waals surface area contributed by atoms with Gasteiger partial charge in [0.05, 0.1) is 11.4 Å². The number of hydrogen-bond donors (Lipinski definition) is 0. The van der Waals surface area contributed by atoms with Gasteiger partial charge in [-0.05, 0) is 30.7 Å². The highest BCUT2D eigenvalue weighted by Crippen LogP contribution is 2.30. The van der Waals surface area contributed by atoms with Crippen LogP contribution in [0.4, 0.5) is 14.5 Å². The van der Waals surface area contributed by atoms with E-state index in [-0.39, 0.29) is 5.69 Å². The lowest BCUT2D eigenvalue weighted by molar-refractivity contribution is 0.146. The second kappa shape index (κ2) is 5.38. The number of hydrogen-bond acceptors (Lipinski definition) is 2. The summed E-state index contributed by atoms with van der Waals surface area (Å²) >= 11 is 3.26. The molecule has 2 aromatic rings. The molecule has 0 aliphatic heterocycles. The smallest absolute Gasteiger partial charge is 0.281 e. The van der Waals surface area contributed by atoms with Crippen molar-refractivity contribution in [2.45, 2.75) is 13.3 Å². The molecule has 1 aromatic carbocycles. The minimum atomic E-state index is -2.64. The number of rotatable bonds is 3. The lowest BCUT2D eigenvalue weighted by Crippen LogP contribution is -1.95. The molecule has 5 nitrogen and oxygen atoms in total. The number of alkyl halides is 2. The highest BCUT2D eigenvalue weighted by molar-refractivity contribution is 9.10. The normalized spacial score (nSPS) is 10.6. The zero-order valence-electron chi connectivity index (χ0n) is 9.76. The number of halogens is 3. The van der Waals surface area contributed by atoms with Gasteiger partial charge >= 0.3 is 0 Å². The molecule has 0 N–H and O–H groups in total. The van der Waals surface area contributed by atoms with Gasteiger partial charge in [-0.3, -0.25) is 0 Å². The van der Waals surface area contributed by atoms with Crippen molar-refractivity contribution >= 4 is 21.6 Å². The number of imidazole rings is 1. The molecule has 0 saturated carbocycles. The van der Waals surface area contributed by atoms with Gasteiger partial charge in [-0.2, -0.15) is 0 Å². The Labute approximate surface area is 115 Å². The van der Waals surface area contributed by atoms with Crippen LogP contribution in [-0.2, 0) is 0 Å². The first-order valence-electron chi connectivity index (χ1n) is 5.22. The van der Waals surface area contributed by atoms with Crippen LogP contribution < -0.4 is 0 Å². The summed E-state index contributed by atoms with van der Waals surface area (Å²) in [6, 6.07) is 5.00. The first-order chi connectivity index (χ1) is 9.02. The van der Waals surface area contributed by atoms with Crippen molar-refractivity contribution in [3.8, 4) is 5.69 Å². The predicted molar refractivity (Wildman–Crippen MR) is 69.8 cm³/mol. The molecule has 0 aliphatic carbocycles. The van der Waals surface area contributed by atoms with Gasteiger partial charge in [0.2, 0.25) is 0 Å². The van der Waals surface area contributed by atoms with Crippen LogP contribution in [0.25, 0.3) is 16.1 Å². The summed E-state index contributed by atoms with van der Waals surface area (Å²) in [7, 11) is 0. The van der Waals surface area contributed by atoms with E-state index in [1.54, 1.807) is 25.1 Å². The molecule has 8 heteroatoms. The Bertz CT molecular complexity index is 661. The van der Waals surface area contributed by atoms with Gasteiger partial charge in [-0.25, -0.2) is 13.8 Å². The van der Waals surface area contributed by atoms with Crippen LogP contribution in [0.1, 0.15) is 17.9 Å². The Morgan fingerprint density at radius 1 is 1.47 bits per heavy atom. The van der Waals surface area contributed by atoms with E-state index in [1.807, 2.05) is 0 Å². The monoisotopic (exact) mass is 327 g/mol. The maximum absolute atomic E-state index is 12.6. The van der Waals surface area contributed by atoms with Crippen LogP contribution in [0.15, 0.2) is 34.0 Å². The summed E-state index contributed by atoms with van der Waals surface area (Å²) in [5.41, 5.74) is 9.06. The van der Waals surface area contributed by atoms with Gasteiger partial charge < -0.3 is 4.57 Å². The number of aromatic nitrogens is 2. The Kier molecular flexibility index (Phi) is 3.82. The Morgan fingerprint density at radius 3 is 2.79 bits per heavy atom. The van der Waals surface area contributed by atoms with Crippen molar-refractivity contribution in [1.82, 2.24) is 9.55 Å². The fraction of sp³-hybridized carbons (Fsp3) is 0.182. The number of nitrogens with zero attached hydrogens (tertiary/aromatic N) is 5. The minimum Gasteiger partial charge on any atom is -0.303 e. The van der Waals surface area contributed by atoms with Gasteiger partial charge in [0, 0.05) is 15.6 Å². The second-order valence-corrected chi connectivity index (χ2v) is 4.62. The second-order valence-electron chi connectivity index (χ2n) is 3.71.